The first-order chi connectivity index (χ1) is 12.1. The summed E-state index contributed by atoms with van der Waals surface area (Å²) < 4.78 is 27.9. The van der Waals surface area contributed by atoms with E-state index in [4.69, 9.17) is 0 Å². The highest BCUT2D eigenvalue weighted by Gasteiger charge is 2.36. The Labute approximate surface area is 142 Å². The van der Waals surface area contributed by atoms with E-state index in [1.165, 1.54) is 6.07 Å². The highest BCUT2D eigenvalue weighted by atomic mass is 19.1. The first-order valence-electron chi connectivity index (χ1n) is 7.98. The van der Waals surface area contributed by atoms with Gasteiger partial charge >= 0.3 is 0 Å². The second kappa shape index (κ2) is 5.84. The molecule has 128 valence electrons. The number of carbonyl (C=O) groups excluding carboxylic acids is 2. The van der Waals surface area contributed by atoms with Crippen LogP contribution in [0.5, 0.6) is 0 Å². The van der Waals surface area contributed by atoms with Gasteiger partial charge < -0.3 is 15.5 Å². The number of carbonyl (C=O) groups is 2. The highest BCUT2D eigenvalue weighted by Crippen LogP contribution is 2.30. The van der Waals surface area contributed by atoms with Crippen molar-refractivity contribution < 1.29 is 18.4 Å². The molecule has 2 N–H and O–H groups in total. The number of nitrogens with one attached hydrogen (secondary N) is 2. The first-order valence-corrected chi connectivity index (χ1v) is 7.98. The molecule has 2 aliphatic heterocycles. The third-order valence-corrected chi connectivity index (χ3v) is 4.59. The lowest BCUT2D eigenvalue weighted by molar-refractivity contribution is -0.117. The molecule has 0 radical (unpaired) electrons. The fourth-order valence-corrected chi connectivity index (χ4v) is 3.36. The smallest absolute Gasteiger partial charge is 0.251 e. The second-order valence-electron chi connectivity index (χ2n) is 6.06. The normalized spacial score (nSPS) is 19.1. The van der Waals surface area contributed by atoms with Crippen molar-refractivity contribution in [3.8, 4) is 0 Å². The van der Waals surface area contributed by atoms with Crippen LogP contribution in [0.15, 0.2) is 36.4 Å². The molecule has 1 fully saturated rings. The average molecular weight is 343 g/mol. The molecule has 0 aliphatic carbocycles. The molecule has 0 aromatic heterocycles. The molecule has 2 amide bonds. The van der Waals surface area contributed by atoms with Gasteiger partial charge in [0, 0.05) is 29.9 Å². The molecule has 1 saturated heterocycles. The molecule has 2 heterocycles. The topological polar surface area (TPSA) is 61.4 Å². The van der Waals surface area contributed by atoms with Gasteiger partial charge in [0.2, 0.25) is 5.91 Å². The highest BCUT2D eigenvalue weighted by molar-refractivity contribution is 6.03. The zero-order valence-electron chi connectivity index (χ0n) is 13.2. The van der Waals surface area contributed by atoms with Gasteiger partial charge in [0.25, 0.3) is 5.91 Å². The molecule has 7 heteroatoms. The third kappa shape index (κ3) is 2.52. The van der Waals surface area contributed by atoms with Crippen LogP contribution in [0.1, 0.15) is 22.3 Å². The molecule has 0 bridgehead atoms. The van der Waals surface area contributed by atoms with E-state index in [2.05, 4.69) is 10.6 Å². The Bertz CT molecular complexity index is 864. The number of halogens is 2. The molecule has 25 heavy (non-hydrogen) atoms. The summed E-state index contributed by atoms with van der Waals surface area (Å²) in [6.07, 6.45) is 0.414. The van der Waals surface area contributed by atoms with E-state index in [0.29, 0.717) is 24.2 Å². The van der Waals surface area contributed by atoms with Crippen LogP contribution >= 0.6 is 0 Å². The fourth-order valence-electron chi connectivity index (χ4n) is 3.36. The maximum atomic E-state index is 14.0. The molecule has 5 nitrogen and oxygen atoms in total. The number of amides is 2. The SMILES string of the molecule is O=C1NCc2c(NC3CCN(c4c(F)cccc4F)C3=O)cccc21. The molecular formula is C18H15F2N3O2. The monoisotopic (exact) mass is 343 g/mol. The van der Waals surface area contributed by atoms with Gasteiger partial charge in [-0.15, -0.1) is 0 Å². The largest absolute Gasteiger partial charge is 0.373 e. The van der Waals surface area contributed by atoms with E-state index < -0.39 is 17.7 Å². The Balaban J connectivity index is 1.59. The molecule has 2 aliphatic rings. The van der Waals surface area contributed by atoms with E-state index >= 15 is 0 Å². The summed E-state index contributed by atoms with van der Waals surface area (Å²) in [6, 6.07) is 8.18. The van der Waals surface area contributed by atoms with Crippen LogP contribution in [0.2, 0.25) is 0 Å². The number of anilines is 2. The number of nitrogens with zero attached hydrogens (tertiary/aromatic N) is 1. The van der Waals surface area contributed by atoms with Crippen LogP contribution in [0.4, 0.5) is 20.2 Å². The van der Waals surface area contributed by atoms with Gasteiger partial charge in [-0.25, -0.2) is 8.78 Å². The number of benzene rings is 2. The molecule has 2 aromatic carbocycles. The number of fused-ring (bicyclic) bond motifs is 1. The van der Waals surface area contributed by atoms with Crippen molar-refractivity contribution in [2.24, 2.45) is 0 Å². The van der Waals surface area contributed by atoms with Gasteiger partial charge in [-0.3, -0.25) is 9.59 Å². The Morgan fingerprint density at radius 3 is 2.56 bits per heavy atom. The second-order valence-corrected chi connectivity index (χ2v) is 6.06. The summed E-state index contributed by atoms with van der Waals surface area (Å²) in [4.78, 5) is 25.5. The van der Waals surface area contributed by atoms with Gasteiger partial charge in [0.1, 0.15) is 23.4 Å². The maximum absolute atomic E-state index is 14.0. The van der Waals surface area contributed by atoms with Crippen LogP contribution in [0.25, 0.3) is 0 Å². The average Bonchev–Trinajstić information content (AvgIpc) is 3.13. The van der Waals surface area contributed by atoms with Crippen LogP contribution < -0.4 is 15.5 Å². The minimum atomic E-state index is -0.760. The summed E-state index contributed by atoms with van der Waals surface area (Å²) in [5, 5.41) is 5.86. The lowest BCUT2D eigenvalue weighted by Crippen LogP contribution is -2.34. The van der Waals surface area contributed by atoms with Crippen molar-refractivity contribution in [3.63, 3.8) is 0 Å². The van der Waals surface area contributed by atoms with E-state index in [9.17, 15) is 18.4 Å². The molecule has 4 rings (SSSR count). The van der Waals surface area contributed by atoms with Crippen molar-refractivity contribution in [1.82, 2.24) is 5.32 Å². The fraction of sp³-hybridized carbons (Fsp3) is 0.222. The van der Waals surface area contributed by atoms with E-state index in [1.807, 2.05) is 0 Å². The minimum Gasteiger partial charge on any atom is -0.373 e. The molecule has 2 aromatic rings. The van der Waals surface area contributed by atoms with Crippen LogP contribution in [0.3, 0.4) is 0 Å². The van der Waals surface area contributed by atoms with Crippen LogP contribution in [0, 0.1) is 11.6 Å². The van der Waals surface area contributed by atoms with Crippen molar-refractivity contribution in [1.29, 1.82) is 0 Å². The zero-order valence-corrected chi connectivity index (χ0v) is 13.2. The van der Waals surface area contributed by atoms with Gasteiger partial charge in [-0.2, -0.15) is 0 Å². The molecule has 1 unspecified atom stereocenters. The predicted octanol–water partition coefficient (Wildman–Crippen LogP) is 2.43. The predicted molar refractivity (Wildman–Crippen MR) is 88.4 cm³/mol. The van der Waals surface area contributed by atoms with Crippen molar-refractivity contribution in [2.45, 2.75) is 19.0 Å². The van der Waals surface area contributed by atoms with Gasteiger partial charge in [0.15, 0.2) is 0 Å². The standard InChI is InChI=1S/C18H15F2N3O2/c19-12-4-2-5-13(20)16(12)23-8-7-15(18(23)25)22-14-6-1-3-10-11(14)9-21-17(10)24/h1-6,15,22H,7-9H2,(H,21,24). The Morgan fingerprint density at radius 1 is 1.08 bits per heavy atom. The van der Waals surface area contributed by atoms with E-state index in [-0.39, 0.29) is 24.0 Å². The summed E-state index contributed by atoms with van der Waals surface area (Å²) in [6.45, 7) is 0.616. The van der Waals surface area contributed by atoms with Crippen molar-refractivity contribution >= 4 is 23.2 Å². The van der Waals surface area contributed by atoms with Crippen LogP contribution in [-0.2, 0) is 11.3 Å². The third-order valence-electron chi connectivity index (χ3n) is 4.59. The van der Waals surface area contributed by atoms with Gasteiger partial charge in [-0.05, 0) is 30.7 Å². The number of hydrogen-bond acceptors (Lipinski definition) is 3. The molecular weight excluding hydrogens is 328 g/mol. The number of hydrogen-bond donors (Lipinski definition) is 2. The van der Waals surface area contributed by atoms with E-state index in [0.717, 1.165) is 22.6 Å². The Hall–Kier alpha value is -2.96. The molecule has 1 atom stereocenters. The van der Waals surface area contributed by atoms with Gasteiger partial charge in [0.05, 0.1) is 0 Å². The molecule has 0 saturated carbocycles. The lowest BCUT2D eigenvalue weighted by Gasteiger charge is -2.19. The quantitative estimate of drug-likeness (QED) is 0.900. The summed E-state index contributed by atoms with van der Waals surface area (Å²) in [5.41, 5.74) is 1.75. The zero-order chi connectivity index (χ0) is 17.6. The summed E-state index contributed by atoms with van der Waals surface area (Å²) >= 11 is 0. The molecule has 0 spiro atoms. The summed E-state index contributed by atoms with van der Waals surface area (Å²) in [7, 11) is 0. The maximum Gasteiger partial charge on any atom is 0.251 e. The van der Waals surface area contributed by atoms with Crippen molar-refractivity contribution in [2.75, 3.05) is 16.8 Å². The Kier molecular flexibility index (Phi) is 3.63. The first kappa shape index (κ1) is 15.6. The van der Waals surface area contributed by atoms with Gasteiger partial charge in [-0.1, -0.05) is 12.1 Å². The van der Waals surface area contributed by atoms with Crippen molar-refractivity contribution in [3.05, 3.63) is 59.2 Å². The van der Waals surface area contributed by atoms with E-state index in [1.54, 1.807) is 18.2 Å². The number of para-hydroxylation sites is 1. The lowest BCUT2D eigenvalue weighted by atomic mass is 10.1. The minimum absolute atomic E-state index is 0.147. The number of rotatable bonds is 3. The summed E-state index contributed by atoms with van der Waals surface area (Å²) in [5.74, 6) is -2.06. The Morgan fingerprint density at radius 2 is 1.80 bits per heavy atom. The van der Waals surface area contributed by atoms with Crippen LogP contribution in [-0.4, -0.2) is 24.4 Å².